The third-order valence-electron chi connectivity index (χ3n) is 2.91. The summed E-state index contributed by atoms with van der Waals surface area (Å²) in [5.41, 5.74) is 2.59. The third kappa shape index (κ3) is 2.96. The molecule has 1 aromatic carbocycles. The van der Waals surface area contributed by atoms with E-state index in [0.29, 0.717) is 0 Å². The SMILES string of the molecule is CNC(Cc1ncc[nH]1)c1ccc(Br)cc1C. The highest BCUT2D eigenvalue weighted by atomic mass is 79.9. The number of H-pyrrole nitrogens is 1. The van der Waals surface area contributed by atoms with Gasteiger partial charge in [-0.1, -0.05) is 22.0 Å². The van der Waals surface area contributed by atoms with Gasteiger partial charge in [0.1, 0.15) is 5.82 Å². The van der Waals surface area contributed by atoms with Crippen molar-refractivity contribution in [3.05, 3.63) is 52.0 Å². The Labute approximate surface area is 110 Å². The Hall–Kier alpha value is -1.13. The van der Waals surface area contributed by atoms with Gasteiger partial charge in [0, 0.05) is 29.3 Å². The summed E-state index contributed by atoms with van der Waals surface area (Å²) in [6.07, 6.45) is 4.51. The number of aromatic amines is 1. The van der Waals surface area contributed by atoms with E-state index in [2.05, 4.69) is 56.3 Å². The molecule has 1 heterocycles. The number of rotatable bonds is 4. The van der Waals surface area contributed by atoms with Crippen LogP contribution in [0.3, 0.4) is 0 Å². The average Bonchev–Trinajstić information content (AvgIpc) is 2.79. The normalized spacial score (nSPS) is 12.6. The van der Waals surface area contributed by atoms with Gasteiger partial charge in [-0.15, -0.1) is 0 Å². The standard InChI is InChI=1S/C13H16BrN3/c1-9-7-10(14)3-4-11(9)12(15-2)8-13-16-5-6-17-13/h3-7,12,15H,8H2,1-2H3,(H,16,17). The van der Waals surface area contributed by atoms with Crippen LogP contribution in [0.25, 0.3) is 0 Å². The monoisotopic (exact) mass is 293 g/mol. The summed E-state index contributed by atoms with van der Waals surface area (Å²) < 4.78 is 1.12. The number of aromatic nitrogens is 2. The molecule has 1 unspecified atom stereocenters. The van der Waals surface area contributed by atoms with Crippen LogP contribution in [0.5, 0.6) is 0 Å². The first-order valence-electron chi connectivity index (χ1n) is 5.62. The topological polar surface area (TPSA) is 40.7 Å². The van der Waals surface area contributed by atoms with Gasteiger partial charge in [-0.05, 0) is 37.2 Å². The summed E-state index contributed by atoms with van der Waals surface area (Å²) in [6.45, 7) is 2.13. The third-order valence-corrected chi connectivity index (χ3v) is 3.40. The number of likely N-dealkylation sites (N-methyl/N-ethyl adjacent to an activating group) is 1. The minimum atomic E-state index is 0.286. The molecule has 0 fully saturated rings. The summed E-state index contributed by atoms with van der Waals surface area (Å²) in [4.78, 5) is 7.41. The van der Waals surface area contributed by atoms with Crippen LogP contribution < -0.4 is 5.32 Å². The lowest BCUT2D eigenvalue weighted by molar-refractivity contribution is 0.575. The van der Waals surface area contributed by atoms with Crippen LogP contribution in [-0.2, 0) is 6.42 Å². The van der Waals surface area contributed by atoms with E-state index < -0.39 is 0 Å². The van der Waals surface area contributed by atoms with Crippen molar-refractivity contribution in [2.45, 2.75) is 19.4 Å². The molecule has 2 rings (SSSR count). The van der Waals surface area contributed by atoms with Crippen LogP contribution in [0.2, 0.25) is 0 Å². The van der Waals surface area contributed by atoms with Gasteiger partial charge < -0.3 is 10.3 Å². The maximum absolute atomic E-state index is 4.27. The number of hydrogen-bond acceptors (Lipinski definition) is 2. The highest BCUT2D eigenvalue weighted by molar-refractivity contribution is 9.10. The maximum atomic E-state index is 4.27. The number of halogens is 1. The molecule has 1 atom stereocenters. The van der Waals surface area contributed by atoms with Crippen LogP contribution in [0.1, 0.15) is 23.0 Å². The van der Waals surface area contributed by atoms with Crippen molar-refractivity contribution in [3.63, 3.8) is 0 Å². The molecule has 0 aliphatic heterocycles. The van der Waals surface area contributed by atoms with Crippen LogP contribution in [0, 0.1) is 6.92 Å². The predicted molar refractivity (Wildman–Crippen MR) is 73.0 cm³/mol. The first-order valence-corrected chi connectivity index (χ1v) is 6.41. The zero-order valence-electron chi connectivity index (χ0n) is 10.00. The van der Waals surface area contributed by atoms with Crippen LogP contribution in [0.15, 0.2) is 35.1 Å². The van der Waals surface area contributed by atoms with Gasteiger partial charge in [0.15, 0.2) is 0 Å². The summed E-state index contributed by atoms with van der Waals surface area (Å²) in [7, 11) is 1.98. The van der Waals surface area contributed by atoms with E-state index in [9.17, 15) is 0 Å². The highest BCUT2D eigenvalue weighted by Crippen LogP contribution is 2.23. The Balaban J connectivity index is 2.23. The van der Waals surface area contributed by atoms with Gasteiger partial charge >= 0.3 is 0 Å². The molecule has 0 saturated carbocycles. The molecule has 0 saturated heterocycles. The van der Waals surface area contributed by atoms with Crippen molar-refractivity contribution in [2.75, 3.05) is 7.05 Å². The summed E-state index contributed by atoms with van der Waals surface area (Å²) in [5.74, 6) is 1.01. The van der Waals surface area contributed by atoms with Crippen molar-refractivity contribution < 1.29 is 0 Å². The van der Waals surface area contributed by atoms with E-state index in [4.69, 9.17) is 0 Å². The van der Waals surface area contributed by atoms with Crippen molar-refractivity contribution >= 4 is 15.9 Å². The lowest BCUT2D eigenvalue weighted by Crippen LogP contribution is -2.20. The van der Waals surface area contributed by atoms with Gasteiger partial charge in [0.05, 0.1) is 0 Å². The maximum Gasteiger partial charge on any atom is 0.107 e. The number of nitrogens with one attached hydrogen (secondary N) is 2. The second-order valence-corrected chi connectivity index (χ2v) is 5.00. The zero-order chi connectivity index (χ0) is 12.3. The van der Waals surface area contributed by atoms with Gasteiger partial charge in [-0.3, -0.25) is 0 Å². The van der Waals surface area contributed by atoms with Gasteiger partial charge in [-0.2, -0.15) is 0 Å². The fourth-order valence-electron chi connectivity index (χ4n) is 2.00. The minimum absolute atomic E-state index is 0.286. The Morgan fingerprint density at radius 1 is 1.47 bits per heavy atom. The quantitative estimate of drug-likeness (QED) is 0.910. The summed E-state index contributed by atoms with van der Waals surface area (Å²) in [5, 5.41) is 3.34. The van der Waals surface area contributed by atoms with Crippen LogP contribution >= 0.6 is 15.9 Å². The first kappa shape index (κ1) is 12.3. The van der Waals surface area contributed by atoms with Crippen molar-refractivity contribution in [1.29, 1.82) is 0 Å². The van der Waals surface area contributed by atoms with E-state index in [1.165, 1.54) is 11.1 Å². The van der Waals surface area contributed by atoms with E-state index >= 15 is 0 Å². The molecule has 3 nitrogen and oxygen atoms in total. The van der Waals surface area contributed by atoms with Gasteiger partial charge in [-0.25, -0.2) is 4.98 Å². The smallest absolute Gasteiger partial charge is 0.107 e. The molecule has 0 aliphatic carbocycles. The molecule has 4 heteroatoms. The fourth-order valence-corrected chi connectivity index (χ4v) is 2.48. The highest BCUT2D eigenvalue weighted by Gasteiger charge is 2.13. The first-order chi connectivity index (χ1) is 8.20. The van der Waals surface area contributed by atoms with Crippen molar-refractivity contribution in [1.82, 2.24) is 15.3 Å². The van der Waals surface area contributed by atoms with E-state index in [1.807, 2.05) is 13.2 Å². The molecule has 17 heavy (non-hydrogen) atoms. The predicted octanol–water partition coefficient (Wildman–Crippen LogP) is 2.98. The molecular weight excluding hydrogens is 278 g/mol. The molecule has 0 aliphatic rings. The number of hydrogen-bond donors (Lipinski definition) is 2. The second kappa shape index (κ2) is 5.47. The number of benzene rings is 1. The Bertz CT molecular complexity index is 479. The number of aryl methyl sites for hydroxylation is 1. The van der Waals surface area contributed by atoms with Gasteiger partial charge in [0.25, 0.3) is 0 Å². The van der Waals surface area contributed by atoms with Gasteiger partial charge in [0.2, 0.25) is 0 Å². The lowest BCUT2D eigenvalue weighted by Gasteiger charge is -2.18. The average molecular weight is 294 g/mol. The van der Waals surface area contributed by atoms with E-state index in [-0.39, 0.29) is 6.04 Å². The summed E-state index contributed by atoms with van der Waals surface area (Å²) in [6, 6.07) is 6.66. The largest absolute Gasteiger partial charge is 0.349 e. The molecular formula is C13H16BrN3. The second-order valence-electron chi connectivity index (χ2n) is 4.08. The van der Waals surface area contributed by atoms with E-state index in [1.54, 1.807) is 6.20 Å². The molecule has 2 N–H and O–H groups in total. The Morgan fingerprint density at radius 3 is 2.88 bits per heavy atom. The molecule has 0 amide bonds. The van der Waals surface area contributed by atoms with Crippen LogP contribution in [-0.4, -0.2) is 17.0 Å². The number of imidazole rings is 1. The molecule has 90 valence electrons. The van der Waals surface area contributed by atoms with Crippen molar-refractivity contribution in [3.8, 4) is 0 Å². The molecule has 0 bridgehead atoms. The van der Waals surface area contributed by atoms with Crippen LogP contribution in [0.4, 0.5) is 0 Å². The van der Waals surface area contributed by atoms with Crippen molar-refractivity contribution in [2.24, 2.45) is 0 Å². The van der Waals surface area contributed by atoms with E-state index in [0.717, 1.165) is 16.7 Å². The summed E-state index contributed by atoms with van der Waals surface area (Å²) >= 11 is 3.49. The molecule has 0 spiro atoms. The number of nitrogens with zero attached hydrogens (tertiary/aromatic N) is 1. The molecule has 0 radical (unpaired) electrons. The zero-order valence-corrected chi connectivity index (χ0v) is 11.6. The minimum Gasteiger partial charge on any atom is -0.349 e. The fraction of sp³-hybridized carbons (Fsp3) is 0.308. The molecule has 1 aromatic heterocycles. The Morgan fingerprint density at radius 2 is 2.29 bits per heavy atom. The lowest BCUT2D eigenvalue weighted by atomic mass is 9.99. The Kier molecular flexibility index (Phi) is 3.97. The molecule has 2 aromatic rings.